The second kappa shape index (κ2) is 7.12. The molecule has 0 aromatic heterocycles. The Kier molecular flexibility index (Phi) is 5.77. The average Bonchev–Trinajstić information content (AvgIpc) is 2.36. The normalized spacial score (nSPS) is 12.2. The standard InChI is InChI=1S/C13H20FNO2/c1-10(15-7-6-14)8-11-9-12(16-2)4-5-13(11)17-3/h4-5,9-10,15H,6-8H2,1-3H3. The Morgan fingerprint density at radius 3 is 2.65 bits per heavy atom. The van der Waals surface area contributed by atoms with Gasteiger partial charge in [0.25, 0.3) is 0 Å². The molecule has 0 heterocycles. The summed E-state index contributed by atoms with van der Waals surface area (Å²) in [7, 11) is 3.28. The monoisotopic (exact) mass is 241 g/mol. The van der Waals surface area contributed by atoms with E-state index >= 15 is 0 Å². The van der Waals surface area contributed by atoms with Crippen molar-refractivity contribution < 1.29 is 13.9 Å². The van der Waals surface area contributed by atoms with E-state index in [1.165, 1.54) is 0 Å². The first kappa shape index (κ1) is 13.8. The molecule has 0 bridgehead atoms. The number of benzene rings is 1. The fourth-order valence-corrected chi connectivity index (χ4v) is 1.74. The number of nitrogens with one attached hydrogen (secondary N) is 1. The number of hydrogen-bond donors (Lipinski definition) is 1. The Balaban J connectivity index is 2.72. The average molecular weight is 241 g/mol. The first-order valence-electron chi connectivity index (χ1n) is 5.71. The van der Waals surface area contributed by atoms with Crippen molar-refractivity contribution in [2.45, 2.75) is 19.4 Å². The molecule has 0 aliphatic heterocycles. The summed E-state index contributed by atoms with van der Waals surface area (Å²) in [4.78, 5) is 0. The van der Waals surface area contributed by atoms with Crippen LogP contribution in [-0.4, -0.2) is 33.5 Å². The van der Waals surface area contributed by atoms with E-state index in [0.29, 0.717) is 6.54 Å². The SMILES string of the molecule is COc1ccc(OC)c(CC(C)NCCF)c1. The third-order valence-electron chi connectivity index (χ3n) is 2.60. The van der Waals surface area contributed by atoms with E-state index in [1.54, 1.807) is 14.2 Å². The number of halogens is 1. The van der Waals surface area contributed by atoms with Gasteiger partial charge in [-0.1, -0.05) is 0 Å². The molecule has 0 saturated heterocycles. The molecule has 3 nitrogen and oxygen atoms in total. The molecule has 1 N–H and O–H groups in total. The van der Waals surface area contributed by atoms with Crippen LogP contribution in [0.15, 0.2) is 18.2 Å². The number of hydrogen-bond acceptors (Lipinski definition) is 3. The highest BCUT2D eigenvalue weighted by atomic mass is 19.1. The number of methoxy groups -OCH3 is 2. The fourth-order valence-electron chi connectivity index (χ4n) is 1.74. The molecule has 96 valence electrons. The van der Waals surface area contributed by atoms with Crippen molar-refractivity contribution in [3.05, 3.63) is 23.8 Å². The topological polar surface area (TPSA) is 30.5 Å². The predicted molar refractivity (Wildman–Crippen MR) is 66.7 cm³/mol. The van der Waals surface area contributed by atoms with Crippen LogP contribution in [-0.2, 0) is 6.42 Å². The fraction of sp³-hybridized carbons (Fsp3) is 0.538. The van der Waals surface area contributed by atoms with Gasteiger partial charge in [-0.2, -0.15) is 0 Å². The van der Waals surface area contributed by atoms with Gasteiger partial charge in [-0.05, 0) is 37.1 Å². The third-order valence-corrected chi connectivity index (χ3v) is 2.60. The van der Waals surface area contributed by atoms with Crippen LogP contribution in [0.25, 0.3) is 0 Å². The summed E-state index contributed by atoms with van der Waals surface area (Å²) in [5.74, 6) is 1.64. The van der Waals surface area contributed by atoms with E-state index in [1.807, 2.05) is 25.1 Å². The molecule has 0 radical (unpaired) electrons. The van der Waals surface area contributed by atoms with Crippen LogP contribution in [0.1, 0.15) is 12.5 Å². The van der Waals surface area contributed by atoms with Gasteiger partial charge in [-0.15, -0.1) is 0 Å². The van der Waals surface area contributed by atoms with E-state index in [9.17, 15) is 4.39 Å². The maximum atomic E-state index is 12.0. The number of rotatable bonds is 7. The minimum atomic E-state index is -0.348. The molecule has 0 saturated carbocycles. The highest BCUT2D eigenvalue weighted by molar-refractivity contribution is 5.40. The maximum Gasteiger partial charge on any atom is 0.122 e. The minimum absolute atomic E-state index is 0.201. The van der Waals surface area contributed by atoms with Crippen LogP contribution in [0.4, 0.5) is 4.39 Å². The van der Waals surface area contributed by atoms with E-state index in [2.05, 4.69) is 5.32 Å². The van der Waals surface area contributed by atoms with Gasteiger partial charge in [-0.25, -0.2) is 4.39 Å². The number of ether oxygens (including phenoxy) is 2. The Morgan fingerprint density at radius 1 is 1.29 bits per heavy atom. The highest BCUT2D eigenvalue weighted by Crippen LogP contribution is 2.25. The second-order valence-corrected chi connectivity index (χ2v) is 3.93. The van der Waals surface area contributed by atoms with Gasteiger partial charge in [0.1, 0.15) is 18.2 Å². The summed E-state index contributed by atoms with van der Waals surface area (Å²) in [5.41, 5.74) is 1.06. The van der Waals surface area contributed by atoms with Gasteiger partial charge >= 0.3 is 0 Å². The highest BCUT2D eigenvalue weighted by Gasteiger charge is 2.09. The summed E-state index contributed by atoms with van der Waals surface area (Å²) in [6.45, 7) is 2.06. The van der Waals surface area contributed by atoms with Crippen molar-refractivity contribution in [2.24, 2.45) is 0 Å². The van der Waals surface area contributed by atoms with Crippen LogP contribution in [0.5, 0.6) is 11.5 Å². The lowest BCUT2D eigenvalue weighted by Crippen LogP contribution is -2.29. The molecule has 1 rings (SSSR count). The van der Waals surface area contributed by atoms with Crippen molar-refractivity contribution >= 4 is 0 Å². The lowest BCUT2D eigenvalue weighted by Gasteiger charge is -2.15. The van der Waals surface area contributed by atoms with Gasteiger partial charge in [0.05, 0.1) is 14.2 Å². The summed E-state index contributed by atoms with van der Waals surface area (Å²) in [5, 5.41) is 3.10. The molecule has 0 spiro atoms. The van der Waals surface area contributed by atoms with Gasteiger partial charge < -0.3 is 14.8 Å². The van der Waals surface area contributed by atoms with E-state index in [4.69, 9.17) is 9.47 Å². The largest absolute Gasteiger partial charge is 0.497 e. The molecule has 0 amide bonds. The Hall–Kier alpha value is -1.29. The summed E-state index contributed by atoms with van der Waals surface area (Å²) in [6.07, 6.45) is 0.778. The molecule has 0 aliphatic rings. The molecule has 4 heteroatoms. The Bertz CT molecular complexity index is 344. The first-order valence-corrected chi connectivity index (χ1v) is 5.71. The van der Waals surface area contributed by atoms with Crippen LogP contribution in [0.2, 0.25) is 0 Å². The minimum Gasteiger partial charge on any atom is -0.497 e. The maximum absolute atomic E-state index is 12.0. The Morgan fingerprint density at radius 2 is 2.06 bits per heavy atom. The van der Waals surface area contributed by atoms with E-state index < -0.39 is 0 Å². The number of alkyl halides is 1. The molecule has 1 atom stereocenters. The zero-order valence-electron chi connectivity index (χ0n) is 10.6. The van der Waals surface area contributed by atoms with Crippen molar-refractivity contribution in [1.82, 2.24) is 5.32 Å². The zero-order chi connectivity index (χ0) is 12.7. The predicted octanol–water partition coefficient (Wildman–Crippen LogP) is 2.19. The molecule has 17 heavy (non-hydrogen) atoms. The summed E-state index contributed by atoms with van der Waals surface area (Å²) >= 11 is 0. The van der Waals surface area contributed by atoms with Crippen LogP contribution >= 0.6 is 0 Å². The van der Waals surface area contributed by atoms with Gasteiger partial charge in [0.15, 0.2) is 0 Å². The second-order valence-electron chi connectivity index (χ2n) is 3.93. The molecule has 1 unspecified atom stereocenters. The van der Waals surface area contributed by atoms with Gasteiger partial charge in [0, 0.05) is 12.6 Å². The van der Waals surface area contributed by atoms with Crippen LogP contribution in [0, 0.1) is 0 Å². The molecule has 0 aliphatic carbocycles. The summed E-state index contributed by atoms with van der Waals surface area (Å²) in [6, 6.07) is 5.90. The van der Waals surface area contributed by atoms with E-state index in [0.717, 1.165) is 23.5 Å². The quantitative estimate of drug-likeness (QED) is 0.793. The molecule has 1 aromatic rings. The zero-order valence-corrected chi connectivity index (χ0v) is 10.6. The van der Waals surface area contributed by atoms with Crippen LogP contribution in [0.3, 0.4) is 0 Å². The van der Waals surface area contributed by atoms with Crippen molar-refractivity contribution in [3.63, 3.8) is 0 Å². The molecular weight excluding hydrogens is 221 g/mol. The van der Waals surface area contributed by atoms with Crippen molar-refractivity contribution in [2.75, 3.05) is 27.4 Å². The van der Waals surface area contributed by atoms with Crippen molar-refractivity contribution in [3.8, 4) is 11.5 Å². The molecular formula is C13H20FNO2. The molecule has 1 aromatic carbocycles. The van der Waals surface area contributed by atoms with Gasteiger partial charge in [0.2, 0.25) is 0 Å². The Labute approximate surface area is 102 Å². The van der Waals surface area contributed by atoms with Gasteiger partial charge in [-0.3, -0.25) is 0 Å². The van der Waals surface area contributed by atoms with Crippen molar-refractivity contribution in [1.29, 1.82) is 0 Å². The van der Waals surface area contributed by atoms with Crippen LogP contribution < -0.4 is 14.8 Å². The first-order chi connectivity index (χ1) is 8.21. The molecule has 0 fully saturated rings. The van der Waals surface area contributed by atoms with E-state index in [-0.39, 0.29) is 12.7 Å². The summed E-state index contributed by atoms with van der Waals surface area (Å²) < 4.78 is 22.5. The lowest BCUT2D eigenvalue weighted by molar-refractivity contribution is 0.393. The third kappa shape index (κ3) is 4.23. The smallest absolute Gasteiger partial charge is 0.122 e. The lowest BCUT2D eigenvalue weighted by atomic mass is 10.1.